The molecule has 1 aromatic carbocycles. The van der Waals surface area contributed by atoms with Crippen LogP contribution < -0.4 is 0 Å². The van der Waals surface area contributed by atoms with Gasteiger partial charge < -0.3 is 0 Å². The molecule has 1 heterocycles. The monoisotopic (exact) mass is 246 g/mol. The maximum absolute atomic E-state index is 11.6. The highest BCUT2D eigenvalue weighted by Gasteiger charge is 2.29. The van der Waals surface area contributed by atoms with E-state index in [0.717, 1.165) is 22.9 Å². The van der Waals surface area contributed by atoms with E-state index in [1.807, 2.05) is 12.1 Å². The topological polar surface area (TPSA) is 62.9 Å². The van der Waals surface area contributed by atoms with E-state index in [-0.39, 0.29) is 5.92 Å². The van der Waals surface area contributed by atoms with Gasteiger partial charge in [-0.15, -0.1) is 0 Å². The van der Waals surface area contributed by atoms with Crippen LogP contribution in [0.4, 0.5) is 0 Å². The van der Waals surface area contributed by atoms with E-state index in [0.29, 0.717) is 5.52 Å². The van der Waals surface area contributed by atoms with Crippen LogP contribution in [0.25, 0.3) is 10.9 Å². The van der Waals surface area contributed by atoms with Gasteiger partial charge in [0.15, 0.2) is 0 Å². The molecule has 1 aliphatic carbocycles. The van der Waals surface area contributed by atoms with Crippen LogP contribution in [0, 0.1) is 11.3 Å². The van der Waals surface area contributed by atoms with Gasteiger partial charge in [0.25, 0.3) is 0 Å². The Hall–Kier alpha value is -1.80. The summed E-state index contributed by atoms with van der Waals surface area (Å²) in [5, 5.41) is 9.86. The van der Waals surface area contributed by atoms with E-state index in [1.54, 1.807) is 12.3 Å². The van der Waals surface area contributed by atoms with Crippen molar-refractivity contribution in [1.29, 1.82) is 5.26 Å². The summed E-state index contributed by atoms with van der Waals surface area (Å²) in [6.07, 6.45) is 3.49. The normalized spacial score (nSPS) is 18.5. The Labute approximate surface area is 99.1 Å². The van der Waals surface area contributed by atoms with E-state index in [1.165, 1.54) is 10.2 Å². The molecule has 2 aromatic rings. The van der Waals surface area contributed by atoms with Gasteiger partial charge in [0.1, 0.15) is 0 Å². The van der Waals surface area contributed by atoms with Crippen molar-refractivity contribution in [2.45, 2.75) is 12.3 Å². The van der Waals surface area contributed by atoms with E-state index < -0.39 is 10.0 Å². The summed E-state index contributed by atoms with van der Waals surface area (Å²) in [6, 6.07) is 7.73. The second kappa shape index (κ2) is 3.11. The molecular formula is C12H10N2O2S. The Kier molecular flexibility index (Phi) is 1.90. The fourth-order valence-electron chi connectivity index (χ4n) is 2.44. The van der Waals surface area contributed by atoms with Gasteiger partial charge in [0.05, 0.1) is 23.8 Å². The van der Waals surface area contributed by atoms with Crippen LogP contribution in [-0.2, 0) is 16.4 Å². The molecule has 5 heteroatoms. The molecule has 0 fully saturated rings. The number of rotatable bonds is 1. The van der Waals surface area contributed by atoms with E-state index >= 15 is 0 Å². The molecule has 0 saturated heterocycles. The van der Waals surface area contributed by atoms with Crippen molar-refractivity contribution in [2.24, 2.45) is 0 Å². The lowest BCUT2D eigenvalue weighted by atomic mass is 9.77. The standard InChI is InChI=1S/C12H10N2O2S/c1-17(15,16)14-5-4-10-11(14)3-2-8-6-9(7-13)12(8)10/h2-5,9H,6H2,1H3. The molecule has 0 bridgehead atoms. The van der Waals surface area contributed by atoms with Gasteiger partial charge in [-0.05, 0) is 29.7 Å². The Morgan fingerprint density at radius 3 is 2.82 bits per heavy atom. The minimum atomic E-state index is -3.28. The molecule has 1 atom stereocenters. The molecule has 4 nitrogen and oxygen atoms in total. The second-order valence-corrected chi connectivity index (χ2v) is 6.19. The van der Waals surface area contributed by atoms with Gasteiger partial charge in [0, 0.05) is 11.6 Å². The van der Waals surface area contributed by atoms with Crippen LogP contribution in [0.2, 0.25) is 0 Å². The van der Waals surface area contributed by atoms with Crippen LogP contribution in [0.1, 0.15) is 17.0 Å². The molecule has 0 spiro atoms. The predicted molar refractivity (Wildman–Crippen MR) is 64.2 cm³/mol. The highest BCUT2D eigenvalue weighted by atomic mass is 32.2. The molecule has 1 aromatic heterocycles. The summed E-state index contributed by atoms with van der Waals surface area (Å²) in [6.45, 7) is 0. The molecule has 0 N–H and O–H groups in total. The number of nitrogens with zero attached hydrogens (tertiary/aromatic N) is 2. The average Bonchev–Trinajstić information content (AvgIpc) is 2.60. The lowest BCUT2D eigenvalue weighted by molar-refractivity contribution is 0.595. The molecule has 0 aliphatic heterocycles. The summed E-state index contributed by atoms with van der Waals surface area (Å²) < 4.78 is 24.4. The summed E-state index contributed by atoms with van der Waals surface area (Å²) in [4.78, 5) is 0. The molecule has 17 heavy (non-hydrogen) atoms. The molecule has 1 unspecified atom stereocenters. The first kappa shape index (κ1) is 10.4. The zero-order chi connectivity index (χ0) is 12.2. The van der Waals surface area contributed by atoms with Crippen molar-refractivity contribution in [3.05, 3.63) is 35.5 Å². The van der Waals surface area contributed by atoms with Gasteiger partial charge in [-0.25, -0.2) is 12.4 Å². The largest absolute Gasteiger partial charge is 0.245 e. The van der Waals surface area contributed by atoms with Crippen LogP contribution in [-0.4, -0.2) is 18.6 Å². The zero-order valence-electron chi connectivity index (χ0n) is 9.21. The Morgan fingerprint density at radius 1 is 1.41 bits per heavy atom. The van der Waals surface area contributed by atoms with E-state index in [2.05, 4.69) is 6.07 Å². The minimum absolute atomic E-state index is 0.0934. The summed E-state index contributed by atoms with van der Waals surface area (Å²) in [7, 11) is -3.28. The molecule has 0 saturated carbocycles. The van der Waals surface area contributed by atoms with Gasteiger partial charge >= 0.3 is 0 Å². The second-order valence-electron chi connectivity index (χ2n) is 4.33. The highest BCUT2D eigenvalue weighted by Crippen LogP contribution is 2.40. The molecule has 86 valence electrons. The van der Waals surface area contributed by atoms with Crippen LogP contribution in [0.3, 0.4) is 0 Å². The maximum atomic E-state index is 11.6. The molecule has 1 aliphatic rings. The minimum Gasteiger partial charge on any atom is -0.245 e. The lowest BCUT2D eigenvalue weighted by Crippen LogP contribution is -2.16. The number of hydrogen-bond donors (Lipinski definition) is 0. The summed E-state index contributed by atoms with van der Waals surface area (Å²) in [5.41, 5.74) is 2.80. The Bertz CT molecular complexity index is 766. The fourth-order valence-corrected chi connectivity index (χ4v) is 3.24. The molecular weight excluding hydrogens is 236 g/mol. The van der Waals surface area contributed by atoms with Gasteiger partial charge in [0.2, 0.25) is 10.0 Å². The third kappa shape index (κ3) is 1.31. The quantitative estimate of drug-likeness (QED) is 0.768. The molecule has 0 radical (unpaired) electrons. The number of nitriles is 1. The Morgan fingerprint density at radius 2 is 2.18 bits per heavy atom. The summed E-state index contributed by atoms with van der Waals surface area (Å²) in [5.74, 6) is -0.0934. The average molecular weight is 246 g/mol. The fraction of sp³-hybridized carbons (Fsp3) is 0.250. The highest BCUT2D eigenvalue weighted by molar-refractivity contribution is 7.89. The van der Waals surface area contributed by atoms with Crippen LogP contribution in [0.15, 0.2) is 24.4 Å². The predicted octanol–water partition coefficient (Wildman–Crippen LogP) is 1.61. The zero-order valence-corrected chi connectivity index (χ0v) is 10.0. The molecule has 0 amide bonds. The van der Waals surface area contributed by atoms with Crippen molar-refractivity contribution in [2.75, 3.05) is 6.26 Å². The van der Waals surface area contributed by atoms with Crippen molar-refractivity contribution in [3.8, 4) is 6.07 Å². The first-order valence-electron chi connectivity index (χ1n) is 5.25. The third-order valence-corrected chi connectivity index (χ3v) is 4.29. The SMILES string of the molecule is CS(=O)(=O)n1ccc2c3c(ccc21)CC3C#N. The van der Waals surface area contributed by atoms with Crippen LogP contribution in [0.5, 0.6) is 0 Å². The van der Waals surface area contributed by atoms with Crippen molar-refractivity contribution < 1.29 is 8.42 Å². The first-order valence-corrected chi connectivity index (χ1v) is 7.10. The van der Waals surface area contributed by atoms with Crippen molar-refractivity contribution in [3.63, 3.8) is 0 Å². The van der Waals surface area contributed by atoms with Gasteiger partial charge in [-0.3, -0.25) is 0 Å². The number of benzene rings is 1. The lowest BCUT2D eigenvalue weighted by Gasteiger charge is -2.25. The number of aromatic nitrogens is 1. The first-order chi connectivity index (χ1) is 8.02. The van der Waals surface area contributed by atoms with Crippen molar-refractivity contribution in [1.82, 2.24) is 3.97 Å². The van der Waals surface area contributed by atoms with E-state index in [9.17, 15) is 8.42 Å². The maximum Gasteiger partial charge on any atom is 0.236 e. The number of fused-ring (bicyclic) bond motifs is 3. The van der Waals surface area contributed by atoms with Crippen molar-refractivity contribution >= 4 is 20.9 Å². The molecule has 3 rings (SSSR count). The van der Waals surface area contributed by atoms with Gasteiger partial charge in [-0.2, -0.15) is 5.26 Å². The Balaban J connectivity index is 2.36. The number of hydrogen-bond acceptors (Lipinski definition) is 3. The third-order valence-electron chi connectivity index (χ3n) is 3.25. The van der Waals surface area contributed by atoms with Gasteiger partial charge in [-0.1, -0.05) is 6.07 Å². The smallest absolute Gasteiger partial charge is 0.236 e. The summed E-state index contributed by atoms with van der Waals surface area (Å²) >= 11 is 0. The van der Waals surface area contributed by atoms with Crippen LogP contribution >= 0.6 is 0 Å². The van der Waals surface area contributed by atoms with E-state index in [4.69, 9.17) is 5.26 Å².